The molecule has 6 heteroatoms. The second-order valence-electron chi connectivity index (χ2n) is 9.56. The topological polar surface area (TPSA) is 56.6 Å². The van der Waals surface area contributed by atoms with E-state index in [0.29, 0.717) is 30.8 Å². The first-order valence-corrected chi connectivity index (χ1v) is 11.7. The summed E-state index contributed by atoms with van der Waals surface area (Å²) in [5, 5.41) is 9.13. The minimum absolute atomic E-state index is 0.230. The van der Waals surface area contributed by atoms with Crippen LogP contribution < -0.4 is 0 Å². The summed E-state index contributed by atoms with van der Waals surface area (Å²) < 4.78 is 19.5. The number of hydrogen-bond donors (Lipinski definition) is 0. The number of nitriles is 1. The molecule has 1 amide bonds. The van der Waals surface area contributed by atoms with Crippen LogP contribution in [-0.4, -0.2) is 62.1 Å². The van der Waals surface area contributed by atoms with Crippen molar-refractivity contribution in [1.29, 1.82) is 5.26 Å². The van der Waals surface area contributed by atoms with Gasteiger partial charge in [0.05, 0.1) is 17.0 Å². The summed E-state index contributed by atoms with van der Waals surface area (Å²) in [5.74, 6) is -0.190. The monoisotopic (exact) mass is 449 g/mol. The van der Waals surface area contributed by atoms with Crippen LogP contribution in [0.1, 0.15) is 36.8 Å². The maximum Gasteiger partial charge on any atom is 0.229 e. The molecule has 174 valence electrons. The van der Waals surface area contributed by atoms with Gasteiger partial charge in [-0.25, -0.2) is 4.39 Å². The van der Waals surface area contributed by atoms with E-state index in [2.05, 4.69) is 11.9 Å². The van der Waals surface area contributed by atoms with E-state index in [4.69, 9.17) is 10.00 Å². The molecule has 0 atom stereocenters. The molecule has 0 unspecified atom stereocenters. The second kappa shape index (κ2) is 10.0. The molecule has 2 saturated heterocycles. The zero-order valence-corrected chi connectivity index (χ0v) is 19.5. The van der Waals surface area contributed by atoms with Gasteiger partial charge in [-0.1, -0.05) is 24.3 Å². The molecule has 2 aliphatic rings. The number of carbonyl (C=O) groups is 1. The third kappa shape index (κ3) is 5.26. The number of carbonyl (C=O) groups excluding carboxylic acids is 1. The Balaban J connectivity index is 1.53. The van der Waals surface area contributed by atoms with E-state index in [1.54, 1.807) is 6.07 Å². The van der Waals surface area contributed by atoms with Crippen LogP contribution in [0.15, 0.2) is 42.5 Å². The lowest BCUT2D eigenvalue weighted by Crippen LogP contribution is -2.52. The van der Waals surface area contributed by atoms with Gasteiger partial charge in [-0.15, -0.1) is 0 Å². The lowest BCUT2D eigenvalue weighted by Gasteiger charge is -2.43. The van der Waals surface area contributed by atoms with Crippen LogP contribution in [0.2, 0.25) is 0 Å². The zero-order chi connectivity index (χ0) is 23.4. The first-order chi connectivity index (χ1) is 15.9. The van der Waals surface area contributed by atoms with Gasteiger partial charge in [0.25, 0.3) is 0 Å². The van der Waals surface area contributed by atoms with Crippen LogP contribution in [0.4, 0.5) is 4.39 Å². The Morgan fingerprint density at radius 3 is 2.45 bits per heavy atom. The summed E-state index contributed by atoms with van der Waals surface area (Å²) >= 11 is 0. The number of halogens is 1. The number of amides is 1. The lowest BCUT2D eigenvalue weighted by atomic mass is 9.73. The van der Waals surface area contributed by atoms with Crippen molar-refractivity contribution < 1.29 is 13.9 Å². The predicted molar refractivity (Wildman–Crippen MR) is 126 cm³/mol. The fourth-order valence-electron chi connectivity index (χ4n) is 5.18. The van der Waals surface area contributed by atoms with Crippen molar-refractivity contribution in [3.63, 3.8) is 0 Å². The molecule has 0 N–H and O–H groups in total. The van der Waals surface area contributed by atoms with Crippen molar-refractivity contribution in [2.24, 2.45) is 5.41 Å². The average molecular weight is 450 g/mol. The number of likely N-dealkylation sites (tertiary alicyclic amines) is 1. The van der Waals surface area contributed by atoms with Gasteiger partial charge in [0.1, 0.15) is 5.82 Å². The van der Waals surface area contributed by atoms with Gasteiger partial charge in [0, 0.05) is 26.3 Å². The first-order valence-electron chi connectivity index (χ1n) is 11.7. The van der Waals surface area contributed by atoms with Gasteiger partial charge in [-0.3, -0.25) is 4.79 Å². The molecule has 2 fully saturated rings. The smallest absolute Gasteiger partial charge is 0.229 e. The summed E-state index contributed by atoms with van der Waals surface area (Å²) in [4.78, 5) is 18.1. The Morgan fingerprint density at radius 2 is 1.82 bits per heavy atom. The maximum atomic E-state index is 13.9. The Labute approximate surface area is 195 Å². The number of ether oxygens (including phenoxy) is 1. The van der Waals surface area contributed by atoms with Crippen molar-refractivity contribution in [2.75, 3.05) is 40.4 Å². The van der Waals surface area contributed by atoms with E-state index in [9.17, 15) is 9.18 Å². The van der Waals surface area contributed by atoms with Gasteiger partial charge in [0.15, 0.2) is 0 Å². The summed E-state index contributed by atoms with van der Waals surface area (Å²) in [6.07, 6.45) is 4.13. The van der Waals surface area contributed by atoms with Crippen molar-refractivity contribution in [3.05, 3.63) is 59.4 Å². The molecule has 0 bridgehead atoms. The molecular weight excluding hydrogens is 417 g/mol. The molecule has 0 saturated carbocycles. The molecule has 33 heavy (non-hydrogen) atoms. The highest BCUT2D eigenvalue weighted by atomic mass is 19.1. The molecule has 2 aromatic carbocycles. The fourth-order valence-corrected chi connectivity index (χ4v) is 5.18. The van der Waals surface area contributed by atoms with Crippen molar-refractivity contribution in [1.82, 2.24) is 9.80 Å². The maximum absolute atomic E-state index is 13.9. The van der Waals surface area contributed by atoms with E-state index >= 15 is 0 Å². The van der Waals surface area contributed by atoms with Gasteiger partial charge in [-0.05, 0) is 87.1 Å². The third-order valence-electron chi connectivity index (χ3n) is 7.32. The first kappa shape index (κ1) is 23.4. The Kier molecular flexibility index (Phi) is 7.11. The average Bonchev–Trinajstić information content (AvgIpc) is 2.84. The standard InChI is InChI=1S/C27H32FN3O2/c1-30-11-7-25(8-12-30)31(2)26(32)27(9-13-33-14-10-27)18-20-3-5-22(6-4-20)23-15-21(19-29)16-24(28)17-23/h3-6,15-17,25H,7-14,18H2,1-2H3. The van der Waals surface area contributed by atoms with Crippen LogP contribution >= 0.6 is 0 Å². The van der Waals surface area contributed by atoms with Crippen molar-refractivity contribution in [3.8, 4) is 17.2 Å². The van der Waals surface area contributed by atoms with Crippen molar-refractivity contribution in [2.45, 2.75) is 38.1 Å². The lowest BCUT2D eigenvalue weighted by molar-refractivity contribution is -0.149. The molecular formula is C27H32FN3O2. The number of benzene rings is 2. The predicted octanol–water partition coefficient (Wildman–Crippen LogP) is 4.26. The number of piperidine rings is 1. The molecule has 4 rings (SSSR count). The van der Waals surface area contributed by atoms with E-state index < -0.39 is 11.2 Å². The quantitative estimate of drug-likeness (QED) is 0.685. The van der Waals surface area contributed by atoms with Crippen molar-refractivity contribution >= 4 is 5.91 Å². The largest absolute Gasteiger partial charge is 0.381 e. The van der Waals surface area contributed by atoms with E-state index in [1.165, 1.54) is 12.1 Å². The molecule has 0 aromatic heterocycles. The Morgan fingerprint density at radius 1 is 1.15 bits per heavy atom. The normalized spacial score (nSPS) is 19.1. The summed E-state index contributed by atoms with van der Waals surface area (Å²) in [5.41, 5.74) is 2.47. The Bertz CT molecular complexity index is 1020. The van der Waals surface area contributed by atoms with Crippen LogP contribution in [0, 0.1) is 22.6 Å². The Hall–Kier alpha value is -2.75. The molecule has 0 aliphatic carbocycles. The highest BCUT2D eigenvalue weighted by molar-refractivity contribution is 5.83. The summed E-state index contributed by atoms with van der Waals surface area (Å²) in [6.45, 7) is 3.25. The number of hydrogen-bond acceptors (Lipinski definition) is 4. The highest BCUT2D eigenvalue weighted by Gasteiger charge is 2.43. The van der Waals surface area contributed by atoms with E-state index in [0.717, 1.165) is 49.9 Å². The number of rotatable bonds is 5. The minimum Gasteiger partial charge on any atom is -0.381 e. The molecule has 0 spiro atoms. The van der Waals surface area contributed by atoms with Crippen LogP contribution in [0.25, 0.3) is 11.1 Å². The zero-order valence-electron chi connectivity index (χ0n) is 19.5. The second-order valence-corrected chi connectivity index (χ2v) is 9.56. The molecule has 5 nitrogen and oxygen atoms in total. The third-order valence-corrected chi connectivity index (χ3v) is 7.32. The molecule has 2 aliphatic heterocycles. The van der Waals surface area contributed by atoms with E-state index in [-0.39, 0.29) is 11.9 Å². The molecule has 0 radical (unpaired) electrons. The van der Waals surface area contributed by atoms with E-state index in [1.807, 2.05) is 42.3 Å². The van der Waals surface area contributed by atoms with Crippen LogP contribution in [-0.2, 0) is 16.0 Å². The number of nitrogens with zero attached hydrogens (tertiary/aromatic N) is 3. The minimum atomic E-state index is -0.454. The van der Waals surface area contributed by atoms with Crippen LogP contribution in [0.3, 0.4) is 0 Å². The fraction of sp³-hybridized carbons (Fsp3) is 0.481. The summed E-state index contributed by atoms with van der Waals surface area (Å²) in [7, 11) is 4.10. The van der Waals surface area contributed by atoms with Gasteiger partial charge in [-0.2, -0.15) is 5.26 Å². The summed E-state index contributed by atoms with van der Waals surface area (Å²) in [6, 6.07) is 14.6. The molecule has 2 heterocycles. The highest BCUT2D eigenvalue weighted by Crippen LogP contribution is 2.38. The van der Waals surface area contributed by atoms with Gasteiger partial charge < -0.3 is 14.5 Å². The van der Waals surface area contributed by atoms with Crippen LogP contribution in [0.5, 0.6) is 0 Å². The molecule has 2 aromatic rings. The van der Waals surface area contributed by atoms with Gasteiger partial charge in [0.2, 0.25) is 5.91 Å². The van der Waals surface area contributed by atoms with Gasteiger partial charge >= 0.3 is 0 Å². The SMILES string of the molecule is CN1CCC(N(C)C(=O)C2(Cc3ccc(-c4cc(F)cc(C#N)c4)cc3)CCOCC2)CC1.